The molecule has 0 aromatic heterocycles. The van der Waals surface area contributed by atoms with E-state index in [4.69, 9.17) is 4.74 Å². The minimum Gasteiger partial charge on any atom is -0.460 e. The molecule has 4 nitrogen and oxygen atoms in total. The topological polar surface area (TPSA) is 49.8 Å². The minimum absolute atomic E-state index is 0.0163. The molecular weight excluding hydrogens is 266 g/mol. The summed E-state index contributed by atoms with van der Waals surface area (Å²) in [5, 5.41) is 9.70. The molecule has 4 heteroatoms. The first-order chi connectivity index (χ1) is 9.90. The second kappa shape index (κ2) is 6.58. The maximum absolute atomic E-state index is 11.8. The van der Waals surface area contributed by atoms with E-state index in [-0.39, 0.29) is 18.6 Å². The van der Waals surface area contributed by atoms with Gasteiger partial charge in [0.15, 0.2) is 0 Å². The van der Waals surface area contributed by atoms with Crippen LogP contribution < -0.4 is 0 Å². The highest BCUT2D eigenvalue weighted by atomic mass is 16.6. The molecule has 0 saturated heterocycles. The van der Waals surface area contributed by atoms with Gasteiger partial charge in [-0.05, 0) is 38.3 Å². The summed E-state index contributed by atoms with van der Waals surface area (Å²) >= 11 is 0. The van der Waals surface area contributed by atoms with Gasteiger partial charge in [-0.2, -0.15) is 0 Å². The number of hydrogen-bond acceptors (Lipinski definition) is 4. The Kier molecular flexibility index (Phi) is 5.01. The smallest absolute Gasteiger partial charge is 0.307 e. The highest BCUT2D eigenvalue weighted by molar-refractivity contribution is 5.70. The Hall–Kier alpha value is -1.39. The standard InChI is InChI=1S/C17H25NO3/c1-17(2,3)21-16(20)9-11-18-10-8-13-6-4-5-7-14(13)15(18)12-19/h4-7,15,19H,8-12H2,1-3H3. The van der Waals surface area contributed by atoms with Gasteiger partial charge in [-0.3, -0.25) is 9.69 Å². The fourth-order valence-electron chi connectivity index (χ4n) is 2.81. The number of aliphatic hydroxyl groups is 1. The zero-order valence-electron chi connectivity index (χ0n) is 13.1. The average Bonchev–Trinajstić information content (AvgIpc) is 2.42. The van der Waals surface area contributed by atoms with Crippen molar-refractivity contribution in [3.8, 4) is 0 Å². The Morgan fingerprint density at radius 3 is 2.76 bits per heavy atom. The average molecular weight is 291 g/mol. The van der Waals surface area contributed by atoms with Crippen LogP contribution in [0.25, 0.3) is 0 Å². The quantitative estimate of drug-likeness (QED) is 0.865. The summed E-state index contributed by atoms with van der Waals surface area (Å²) in [5.74, 6) is -0.182. The molecule has 0 fully saturated rings. The number of hydrogen-bond donors (Lipinski definition) is 1. The lowest BCUT2D eigenvalue weighted by atomic mass is 9.93. The third kappa shape index (κ3) is 4.29. The van der Waals surface area contributed by atoms with Crippen LogP contribution in [0.15, 0.2) is 24.3 Å². The zero-order valence-corrected chi connectivity index (χ0v) is 13.1. The first-order valence-electron chi connectivity index (χ1n) is 7.55. The summed E-state index contributed by atoms with van der Waals surface area (Å²) in [4.78, 5) is 14.0. The molecule has 116 valence electrons. The predicted octanol–water partition coefficient (Wildman–Crippen LogP) is 2.31. The lowest BCUT2D eigenvalue weighted by Gasteiger charge is -2.36. The Morgan fingerprint density at radius 2 is 2.10 bits per heavy atom. The van der Waals surface area contributed by atoms with Gasteiger partial charge in [-0.1, -0.05) is 24.3 Å². The molecule has 0 aliphatic carbocycles. The predicted molar refractivity (Wildman–Crippen MR) is 82.0 cm³/mol. The molecule has 2 rings (SSSR count). The molecule has 1 N–H and O–H groups in total. The number of esters is 1. The molecule has 21 heavy (non-hydrogen) atoms. The summed E-state index contributed by atoms with van der Waals surface area (Å²) in [7, 11) is 0. The number of fused-ring (bicyclic) bond motifs is 1. The number of rotatable bonds is 4. The second-order valence-electron chi connectivity index (χ2n) is 6.52. The Bertz CT molecular complexity index is 493. The van der Waals surface area contributed by atoms with E-state index in [0.29, 0.717) is 13.0 Å². The monoisotopic (exact) mass is 291 g/mol. The maximum atomic E-state index is 11.8. The van der Waals surface area contributed by atoms with E-state index in [1.165, 1.54) is 11.1 Å². The van der Waals surface area contributed by atoms with Crippen LogP contribution in [0, 0.1) is 0 Å². The van der Waals surface area contributed by atoms with Crippen molar-refractivity contribution in [3.05, 3.63) is 35.4 Å². The number of benzene rings is 1. The van der Waals surface area contributed by atoms with Gasteiger partial charge in [0.05, 0.1) is 19.1 Å². The van der Waals surface area contributed by atoms with E-state index in [1.807, 2.05) is 32.9 Å². The molecule has 1 atom stereocenters. The van der Waals surface area contributed by atoms with Crippen LogP contribution >= 0.6 is 0 Å². The van der Waals surface area contributed by atoms with Gasteiger partial charge in [-0.25, -0.2) is 0 Å². The van der Waals surface area contributed by atoms with E-state index in [9.17, 15) is 9.90 Å². The van der Waals surface area contributed by atoms with E-state index < -0.39 is 5.60 Å². The SMILES string of the molecule is CC(C)(C)OC(=O)CCN1CCc2ccccc2C1CO. The van der Waals surface area contributed by atoms with Crippen LogP contribution in [-0.2, 0) is 16.0 Å². The van der Waals surface area contributed by atoms with Crippen molar-refractivity contribution in [2.75, 3.05) is 19.7 Å². The van der Waals surface area contributed by atoms with Gasteiger partial charge < -0.3 is 9.84 Å². The van der Waals surface area contributed by atoms with Crippen molar-refractivity contribution in [1.82, 2.24) is 4.90 Å². The van der Waals surface area contributed by atoms with Crippen molar-refractivity contribution in [2.24, 2.45) is 0 Å². The Balaban J connectivity index is 1.97. The van der Waals surface area contributed by atoms with E-state index in [0.717, 1.165) is 13.0 Å². The number of carbonyl (C=O) groups is 1. The first-order valence-corrected chi connectivity index (χ1v) is 7.55. The van der Waals surface area contributed by atoms with Crippen LogP contribution in [0.2, 0.25) is 0 Å². The molecule has 0 radical (unpaired) electrons. The van der Waals surface area contributed by atoms with E-state index in [1.54, 1.807) is 0 Å². The molecular formula is C17H25NO3. The van der Waals surface area contributed by atoms with Gasteiger partial charge in [-0.15, -0.1) is 0 Å². The van der Waals surface area contributed by atoms with Crippen molar-refractivity contribution in [2.45, 2.75) is 45.3 Å². The molecule has 0 amide bonds. The molecule has 1 aliphatic rings. The minimum atomic E-state index is -0.442. The van der Waals surface area contributed by atoms with Crippen molar-refractivity contribution in [3.63, 3.8) is 0 Å². The zero-order chi connectivity index (χ0) is 15.5. The normalized spacial score (nSPS) is 19.1. The molecule has 1 unspecified atom stereocenters. The van der Waals surface area contributed by atoms with Crippen LogP contribution in [0.5, 0.6) is 0 Å². The summed E-state index contributed by atoms with van der Waals surface area (Å²) in [5.41, 5.74) is 2.03. The lowest BCUT2D eigenvalue weighted by molar-refractivity contribution is -0.155. The molecule has 1 heterocycles. The highest BCUT2D eigenvalue weighted by Crippen LogP contribution is 2.29. The Morgan fingerprint density at radius 1 is 1.38 bits per heavy atom. The van der Waals surface area contributed by atoms with Crippen LogP contribution in [0.4, 0.5) is 0 Å². The number of carbonyl (C=O) groups excluding carboxylic acids is 1. The molecule has 1 aliphatic heterocycles. The third-order valence-corrected chi connectivity index (χ3v) is 3.72. The van der Waals surface area contributed by atoms with Crippen molar-refractivity contribution < 1.29 is 14.6 Å². The van der Waals surface area contributed by atoms with Gasteiger partial charge in [0.2, 0.25) is 0 Å². The fourth-order valence-corrected chi connectivity index (χ4v) is 2.81. The summed E-state index contributed by atoms with van der Waals surface area (Å²) in [6.07, 6.45) is 1.32. The number of ether oxygens (including phenoxy) is 1. The molecule has 1 aromatic rings. The molecule has 0 saturated carbocycles. The molecule has 0 bridgehead atoms. The second-order valence-corrected chi connectivity index (χ2v) is 6.52. The first kappa shape index (κ1) is 16.0. The summed E-state index contributed by atoms with van der Waals surface area (Å²) < 4.78 is 5.34. The van der Waals surface area contributed by atoms with E-state index >= 15 is 0 Å². The van der Waals surface area contributed by atoms with Crippen molar-refractivity contribution in [1.29, 1.82) is 0 Å². The van der Waals surface area contributed by atoms with Gasteiger partial charge >= 0.3 is 5.97 Å². The van der Waals surface area contributed by atoms with Gasteiger partial charge in [0, 0.05) is 13.1 Å². The third-order valence-electron chi connectivity index (χ3n) is 3.72. The largest absolute Gasteiger partial charge is 0.460 e. The number of nitrogens with zero attached hydrogens (tertiary/aromatic N) is 1. The van der Waals surface area contributed by atoms with Crippen LogP contribution in [0.1, 0.15) is 44.4 Å². The van der Waals surface area contributed by atoms with Gasteiger partial charge in [0.25, 0.3) is 0 Å². The van der Waals surface area contributed by atoms with E-state index in [2.05, 4.69) is 17.0 Å². The lowest BCUT2D eigenvalue weighted by Crippen LogP contribution is -2.39. The Labute approximate surface area is 126 Å². The fraction of sp³-hybridized carbons (Fsp3) is 0.588. The van der Waals surface area contributed by atoms with Crippen LogP contribution in [-0.4, -0.2) is 41.3 Å². The van der Waals surface area contributed by atoms with Crippen LogP contribution in [0.3, 0.4) is 0 Å². The maximum Gasteiger partial charge on any atom is 0.307 e. The highest BCUT2D eigenvalue weighted by Gasteiger charge is 2.27. The van der Waals surface area contributed by atoms with Crippen molar-refractivity contribution >= 4 is 5.97 Å². The molecule has 1 aromatic carbocycles. The molecule has 0 spiro atoms. The summed E-state index contributed by atoms with van der Waals surface area (Å²) in [6, 6.07) is 8.19. The number of aliphatic hydroxyl groups excluding tert-OH is 1. The van der Waals surface area contributed by atoms with Gasteiger partial charge in [0.1, 0.15) is 5.60 Å². The summed E-state index contributed by atoms with van der Waals surface area (Å²) in [6.45, 7) is 7.18.